The summed E-state index contributed by atoms with van der Waals surface area (Å²) in [6.45, 7) is 0. The van der Waals surface area contributed by atoms with Crippen molar-refractivity contribution in [1.29, 1.82) is 5.26 Å². The van der Waals surface area contributed by atoms with Crippen molar-refractivity contribution < 1.29 is 22.4 Å². The first-order valence-corrected chi connectivity index (χ1v) is 10.4. The van der Waals surface area contributed by atoms with Crippen molar-refractivity contribution in [3.8, 4) is 6.07 Å². The Kier molecular flexibility index (Phi) is 5.93. The van der Waals surface area contributed by atoms with Crippen LogP contribution in [0.3, 0.4) is 0 Å². The molecule has 1 fully saturated rings. The van der Waals surface area contributed by atoms with Crippen LogP contribution in [0.1, 0.15) is 58.8 Å². The Morgan fingerprint density at radius 3 is 2.52 bits per heavy atom. The summed E-state index contributed by atoms with van der Waals surface area (Å²) in [4.78, 5) is 16.2. The molecule has 4 rings (SSSR count). The van der Waals surface area contributed by atoms with Crippen molar-refractivity contribution in [2.45, 2.75) is 43.8 Å². The maximum Gasteiger partial charge on any atom is 0.433 e. The molecule has 33 heavy (non-hydrogen) atoms. The van der Waals surface area contributed by atoms with E-state index in [0.29, 0.717) is 36.8 Å². The van der Waals surface area contributed by atoms with Gasteiger partial charge in [-0.25, -0.2) is 9.37 Å². The van der Waals surface area contributed by atoms with Crippen LogP contribution >= 0.6 is 0 Å². The third-order valence-corrected chi connectivity index (χ3v) is 6.01. The number of hydrogen-bond donors (Lipinski definition) is 2. The maximum atomic E-state index is 14.8. The molecule has 0 spiro atoms. The molecule has 3 N–H and O–H groups in total. The highest BCUT2D eigenvalue weighted by atomic mass is 19.4. The average Bonchev–Trinajstić information content (AvgIpc) is 2.79. The van der Waals surface area contributed by atoms with Gasteiger partial charge in [-0.15, -0.1) is 0 Å². The van der Waals surface area contributed by atoms with Gasteiger partial charge >= 0.3 is 6.18 Å². The predicted molar refractivity (Wildman–Crippen MR) is 115 cm³/mol. The molecule has 1 aliphatic carbocycles. The van der Waals surface area contributed by atoms with Gasteiger partial charge in [-0.3, -0.25) is 4.79 Å². The van der Waals surface area contributed by atoms with Crippen molar-refractivity contribution in [1.82, 2.24) is 10.3 Å². The van der Waals surface area contributed by atoms with E-state index in [2.05, 4.69) is 10.3 Å². The largest absolute Gasteiger partial charge is 0.433 e. The molecule has 0 saturated heterocycles. The Morgan fingerprint density at radius 2 is 1.85 bits per heavy atom. The lowest BCUT2D eigenvalue weighted by Gasteiger charge is -2.30. The van der Waals surface area contributed by atoms with E-state index in [9.17, 15) is 22.4 Å². The quantitative estimate of drug-likeness (QED) is 0.523. The fourth-order valence-electron chi connectivity index (χ4n) is 4.43. The standard InChI is InChI=1S/C24H20F4N4O/c25-17-8-9-19-22(18(30)11-20(32-19)24(26,27)28)21(17)14-4-6-16(7-5-14)31-23(33)15-3-1-2-13(10-15)12-29/h1-3,8-11,14,16H,4-7H2,(H2,30,32)(H,31,33). The molecule has 1 aliphatic rings. The highest BCUT2D eigenvalue weighted by Gasteiger charge is 2.34. The minimum atomic E-state index is -4.65. The van der Waals surface area contributed by atoms with Crippen LogP contribution in [0.5, 0.6) is 0 Å². The summed E-state index contributed by atoms with van der Waals surface area (Å²) in [5, 5.41) is 12.1. The number of nitrogen functional groups attached to an aromatic ring is 1. The highest BCUT2D eigenvalue weighted by molar-refractivity contribution is 5.95. The van der Waals surface area contributed by atoms with Gasteiger partial charge in [0.15, 0.2) is 0 Å². The average molecular weight is 456 g/mol. The van der Waals surface area contributed by atoms with Crippen LogP contribution in [0.2, 0.25) is 0 Å². The first kappa shape index (κ1) is 22.5. The molecule has 0 aliphatic heterocycles. The van der Waals surface area contributed by atoms with Crippen LogP contribution in [0.25, 0.3) is 10.9 Å². The number of hydrogen-bond acceptors (Lipinski definition) is 4. The van der Waals surface area contributed by atoms with Crippen LogP contribution in [-0.2, 0) is 6.18 Å². The minimum absolute atomic E-state index is 0.00604. The number of amides is 1. The number of fused-ring (bicyclic) bond motifs is 1. The van der Waals surface area contributed by atoms with Gasteiger partial charge in [0, 0.05) is 28.2 Å². The van der Waals surface area contributed by atoms with E-state index in [4.69, 9.17) is 11.0 Å². The van der Waals surface area contributed by atoms with Gasteiger partial charge in [-0.1, -0.05) is 6.07 Å². The Hall–Kier alpha value is -3.67. The van der Waals surface area contributed by atoms with Crippen molar-refractivity contribution in [2.75, 3.05) is 5.73 Å². The van der Waals surface area contributed by atoms with E-state index in [1.807, 2.05) is 6.07 Å². The summed E-state index contributed by atoms with van der Waals surface area (Å²) in [5.41, 5.74) is 5.71. The molecule has 1 amide bonds. The molecule has 170 valence electrons. The Balaban J connectivity index is 1.53. The monoisotopic (exact) mass is 456 g/mol. The highest BCUT2D eigenvalue weighted by Crippen LogP contribution is 2.41. The predicted octanol–water partition coefficient (Wildman–Crippen LogP) is 5.30. The zero-order valence-electron chi connectivity index (χ0n) is 17.4. The molecule has 0 unspecified atom stereocenters. The molecule has 0 bridgehead atoms. The van der Waals surface area contributed by atoms with E-state index in [-0.39, 0.29) is 40.0 Å². The first-order chi connectivity index (χ1) is 15.7. The number of aromatic nitrogens is 1. The third kappa shape index (κ3) is 4.60. The fraction of sp³-hybridized carbons (Fsp3) is 0.292. The molecule has 9 heteroatoms. The fourth-order valence-corrected chi connectivity index (χ4v) is 4.43. The molecular formula is C24H20F4N4O. The number of carbonyl (C=O) groups excluding carboxylic acids is 1. The second-order valence-corrected chi connectivity index (χ2v) is 8.16. The molecular weight excluding hydrogens is 436 g/mol. The van der Waals surface area contributed by atoms with Crippen LogP contribution in [0.15, 0.2) is 42.5 Å². The molecule has 5 nitrogen and oxygen atoms in total. The van der Waals surface area contributed by atoms with Gasteiger partial charge in [0.05, 0.1) is 17.1 Å². The van der Waals surface area contributed by atoms with E-state index in [1.165, 1.54) is 12.1 Å². The number of halogens is 4. The van der Waals surface area contributed by atoms with Gasteiger partial charge in [0.1, 0.15) is 11.5 Å². The van der Waals surface area contributed by atoms with Crippen LogP contribution < -0.4 is 11.1 Å². The van der Waals surface area contributed by atoms with Gasteiger partial charge < -0.3 is 11.1 Å². The zero-order valence-corrected chi connectivity index (χ0v) is 17.4. The summed E-state index contributed by atoms with van der Waals surface area (Å²) >= 11 is 0. The molecule has 3 aromatic rings. The Labute approximate surface area is 187 Å². The molecule has 0 radical (unpaired) electrons. The van der Waals surface area contributed by atoms with Crippen LogP contribution in [-0.4, -0.2) is 16.9 Å². The summed E-state index contributed by atoms with van der Waals surface area (Å²) in [7, 11) is 0. The second-order valence-electron chi connectivity index (χ2n) is 8.16. The lowest BCUT2D eigenvalue weighted by molar-refractivity contribution is -0.140. The SMILES string of the molecule is N#Cc1cccc(C(=O)NC2CCC(c3c(F)ccc4nc(C(F)(F)F)cc(N)c34)CC2)c1. The summed E-state index contributed by atoms with van der Waals surface area (Å²) in [5.74, 6) is -1.08. The Morgan fingerprint density at radius 1 is 1.12 bits per heavy atom. The number of alkyl halides is 3. The Bertz CT molecular complexity index is 1260. The number of benzene rings is 2. The minimum Gasteiger partial charge on any atom is -0.398 e. The van der Waals surface area contributed by atoms with Crippen molar-refractivity contribution in [2.24, 2.45) is 0 Å². The normalized spacial score (nSPS) is 18.6. The number of nitrogens with one attached hydrogen (secondary N) is 1. The van der Waals surface area contributed by atoms with E-state index < -0.39 is 17.7 Å². The van der Waals surface area contributed by atoms with Gasteiger partial charge in [-0.2, -0.15) is 18.4 Å². The topological polar surface area (TPSA) is 91.8 Å². The molecule has 1 aromatic heterocycles. The number of rotatable bonds is 3. The number of pyridine rings is 1. The summed E-state index contributed by atoms with van der Waals surface area (Å²) < 4.78 is 54.1. The summed E-state index contributed by atoms with van der Waals surface area (Å²) in [6, 6.07) is 11.3. The van der Waals surface area contributed by atoms with E-state index >= 15 is 0 Å². The molecule has 0 atom stereocenters. The number of anilines is 1. The van der Waals surface area contributed by atoms with E-state index in [0.717, 1.165) is 12.1 Å². The van der Waals surface area contributed by atoms with Crippen LogP contribution in [0.4, 0.5) is 23.2 Å². The second kappa shape index (κ2) is 8.70. The molecule has 1 heterocycles. The van der Waals surface area contributed by atoms with Crippen LogP contribution in [0, 0.1) is 17.1 Å². The number of nitriles is 1. The molecule has 1 saturated carbocycles. The van der Waals surface area contributed by atoms with Gasteiger partial charge in [0.25, 0.3) is 5.91 Å². The van der Waals surface area contributed by atoms with Gasteiger partial charge in [-0.05, 0) is 68.0 Å². The lowest BCUT2D eigenvalue weighted by atomic mass is 9.80. The zero-order chi connectivity index (χ0) is 23.8. The number of carbonyl (C=O) groups is 1. The number of nitrogens with two attached hydrogens (primary N) is 1. The summed E-state index contributed by atoms with van der Waals surface area (Å²) in [6.07, 6.45) is -2.46. The smallest absolute Gasteiger partial charge is 0.398 e. The number of nitrogens with zero attached hydrogens (tertiary/aromatic N) is 2. The van der Waals surface area contributed by atoms with Crippen molar-refractivity contribution in [3.63, 3.8) is 0 Å². The molecule has 2 aromatic carbocycles. The third-order valence-electron chi connectivity index (χ3n) is 6.01. The van der Waals surface area contributed by atoms with Crippen molar-refractivity contribution >= 4 is 22.5 Å². The first-order valence-electron chi connectivity index (χ1n) is 10.4. The van der Waals surface area contributed by atoms with Gasteiger partial charge in [0.2, 0.25) is 0 Å². The van der Waals surface area contributed by atoms with E-state index in [1.54, 1.807) is 18.2 Å². The van der Waals surface area contributed by atoms with Crippen molar-refractivity contribution in [3.05, 3.63) is 70.7 Å². The lowest BCUT2D eigenvalue weighted by Crippen LogP contribution is -2.37. The maximum absolute atomic E-state index is 14.8.